The van der Waals surface area contributed by atoms with E-state index in [-0.39, 0.29) is 0 Å². The van der Waals surface area contributed by atoms with Crippen LogP contribution in [0.25, 0.3) is 5.76 Å². The van der Waals surface area contributed by atoms with Crippen molar-refractivity contribution in [3.05, 3.63) is 131 Å². The average Bonchev–Trinajstić information content (AvgIpc) is 3.26. The summed E-state index contributed by atoms with van der Waals surface area (Å²) in [5.74, 6) is 2.52. The van der Waals surface area contributed by atoms with Crippen molar-refractivity contribution in [2.45, 2.75) is 32.4 Å². The van der Waals surface area contributed by atoms with E-state index < -0.39 is 5.60 Å². The summed E-state index contributed by atoms with van der Waals surface area (Å²) in [5, 5.41) is 0. The lowest BCUT2D eigenvalue weighted by atomic mass is 9.78. The van der Waals surface area contributed by atoms with Crippen LogP contribution in [0.5, 0.6) is 11.5 Å². The fourth-order valence-corrected chi connectivity index (χ4v) is 5.56. The Balaban J connectivity index is 1.51. The number of hydrogen-bond donors (Lipinski definition) is 0. The van der Waals surface area contributed by atoms with Crippen LogP contribution in [0.3, 0.4) is 0 Å². The van der Waals surface area contributed by atoms with Crippen molar-refractivity contribution in [2.24, 2.45) is 0 Å². The molecule has 0 fully saturated rings. The molecule has 4 nitrogen and oxygen atoms in total. The second-order valence-electron chi connectivity index (χ2n) is 9.49. The standard InChI is InChI=1S/C33H31NO3/c1-4-24-19-26(15-17-31(24)35-5-2)33(30-14-10-9-13-29(30)23(3)37-33)27-16-18-32-25(20-27)21-34(22-36-32)28-11-7-6-8-12-28/h6-20H,3-5,21-22H2,1-2H3. The summed E-state index contributed by atoms with van der Waals surface area (Å²) in [6, 6.07) is 31.6. The number of para-hydroxylation sites is 1. The molecule has 0 aromatic heterocycles. The van der Waals surface area contributed by atoms with Crippen molar-refractivity contribution in [2.75, 3.05) is 18.2 Å². The van der Waals surface area contributed by atoms with Gasteiger partial charge in [-0.2, -0.15) is 0 Å². The Labute approximate surface area is 218 Å². The lowest BCUT2D eigenvalue weighted by Gasteiger charge is -2.35. The lowest BCUT2D eigenvalue weighted by Crippen LogP contribution is -2.33. The molecule has 2 aliphatic heterocycles. The highest BCUT2D eigenvalue weighted by atomic mass is 16.5. The zero-order valence-corrected chi connectivity index (χ0v) is 21.4. The van der Waals surface area contributed by atoms with E-state index in [0.717, 1.165) is 63.5 Å². The zero-order chi connectivity index (χ0) is 25.4. The van der Waals surface area contributed by atoms with Crippen molar-refractivity contribution in [3.8, 4) is 11.5 Å². The van der Waals surface area contributed by atoms with Crippen LogP contribution < -0.4 is 14.4 Å². The van der Waals surface area contributed by atoms with E-state index in [2.05, 4.69) is 97.3 Å². The average molecular weight is 490 g/mol. The number of benzene rings is 4. The third-order valence-corrected chi connectivity index (χ3v) is 7.36. The Morgan fingerprint density at radius 3 is 2.46 bits per heavy atom. The number of rotatable bonds is 6. The second-order valence-corrected chi connectivity index (χ2v) is 9.49. The summed E-state index contributed by atoms with van der Waals surface area (Å²) in [5.41, 5.74) is 6.88. The van der Waals surface area contributed by atoms with E-state index in [1.165, 1.54) is 0 Å². The topological polar surface area (TPSA) is 30.9 Å². The number of aryl methyl sites for hydroxylation is 1. The summed E-state index contributed by atoms with van der Waals surface area (Å²) in [6.45, 7) is 10.4. The van der Waals surface area contributed by atoms with E-state index in [1.807, 2.05) is 19.1 Å². The van der Waals surface area contributed by atoms with Crippen LogP contribution in [0.15, 0.2) is 97.6 Å². The van der Waals surface area contributed by atoms with Gasteiger partial charge in [-0.15, -0.1) is 0 Å². The Morgan fingerprint density at radius 2 is 1.65 bits per heavy atom. The van der Waals surface area contributed by atoms with Gasteiger partial charge in [0.2, 0.25) is 0 Å². The molecule has 0 saturated heterocycles. The highest BCUT2D eigenvalue weighted by molar-refractivity contribution is 5.72. The van der Waals surface area contributed by atoms with Gasteiger partial charge in [0, 0.05) is 40.0 Å². The minimum absolute atomic E-state index is 0.524. The largest absolute Gasteiger partial charge is 0.494 e. The summed E-state index contributed by atoms with van der Waals surface area (Å²) in [7, 11) is 0. The van der Waals surface area contributed by atoms with Gasteiger partial charge < -0.3 is 19.1 Å². The van der Waals surface area contributed by atoms with Gasteiger partial charge in [-0.3, -0.25) is 0 Å². The molecule has 6 rings (SSSR count). The van der Waals surface area contributed by atoms with Gasteiger partial charge in [-0.1, -0.05) is 68.1 Å². The molecule has 0 amide bonds. The molecule has 0 aliphatic carbocycles. The molecule has 37 heavy (non-hydrogen) atoms. The Kier molecular flexibility index (Phi) is 5.88. The van der Waals surface area contributed by atoms with Crippen LogP contribution in [0, 0.1) is 0 Å². The first-order valence-corrected chi connectivity index (χ1v) is 12.9. The fourth-order valence-electron chi connectivity index (χ4n) is 5.56. The van der Waals surface area contributed by atoms with E-state index in [1.54, 1.807) is 0 Å². The monoisotopic (exact) mass is 489 g/mol. The normalized spacial score (nSPS) is 18.0. The third-order valence-electron chi connectivity index (χ3n) is 7.36. The predicted molar refractivity (Wildman–Crippen MR) is 148 cm³/mol. The van der Waals surface area contributed by atoms with Crippen molar-refractivity contribution in [1.29, 1.82) is 0 Å². The van der Waals surface area contributed by atoms with E-state index in [4.69, 9.17) is 14.2 Å². The van der Waals surface area contributed by atoms with E-state index in [9.17, 15) is 0 Å². The van der Waals surface area contributed by atoms with Crippen LogP contribution in [-0.4, -0.2) is 13.3 Å². The molecular formula is C33H31NO3. The Hall–Kier alpha value is -4.18. The van der Waals surface area contributed by atoms with Gasteiger partial charge in [0.25, 0.3) is 0 Å². The third kappa shape index (κ3) is 3.84. The SMILES string of the molecule is C=C1OC(c2ccc(OCC)c(CC)c2)(c2ccc3c(c2)CN(c2ccccc2)CO3)c2ccccc21. The van der Waals surface area contributed by atoms with Gasteiger partial charge in [-0.05, 0) is 55.3 Å². The first-order valence-electron chi connectivity index (χ1n) is 12.9. The van der Waals surface area contributed by atoms with Crippen LogP contribution >= 0.6 is 0 Å². The summed E-state index contributed by atoms with van der Waals surface area (Å²) < 4.78 is 18.9. The summed E-state index contributed by atoms with van der Waals surface area (Å²) in [6.07, 6.45) is 0.867. The maximum Gasteiger partial charge on any atom is 0.185 e. The van der Waals surface area contributed by atoms with E-state index in [0.29, 0.717) is 19.1 Å². The first kappa shape index (κ1) is 23.2. The summed E-state index contributed by atoms with van der Waals surface area (Å²) >= 11 is 0. The molecule has 4 aromatic carbocycles. The van der Waals surface area contributed by atoms with Crippen LogP contribution in [-0.2, 0) is 23.3 Å². The number of fused-ring (bicyclic) bond motifs is 2. The van der Waals surface area contributed by atoms with E-state index >= 15 is 0 Å². The molecule has 1 atom stereocenters. The molecule has 2 heterocycles. The quantitative estimate of drug-likeness (QED) is 0.284. The number of ether oxygens (including phenoxy) is 3. The maximum atomic E-state index is 6.80. The molecule has 4 heteroatoms. The van der Waals surface area contributed by atoms with Gasteiger partial charge >= 0.3 is 0 Å². The molecule has 0 saturated carbocycles. The predicted octanol–water partition coefficient (Wildman–Crippen LogP) is 7.30. The van der Waals surface area contributed by atoms with Crippen molar-refractivity contribution in [1.82, 2.24) is 0 Å². The molecular weight excluding hydrogens is 458 g/mol. The molecule has 1 unspecified atom stereocenters. The van der Waals surface area contributed by atoms with Crippen LogP contribution in [0.4, 0.5) is 5.69 Å². The number of anilines is 1. The van der Waals surface area contributed by atoms with Crippen molar-refractivity contribution in [3.63, 3.8) is 0 Å². The smallest absolute Gasteiger partial charge is 0.185 e. The fraction of sp³-hybridized carbons (Fsp3) is 0.212. The van der Waals surface area contributed by atoms with Crippen LogP contribution in [0.1, 0.15) is 47.2 Å². The number of nitrogens with zero attached hydrogens (tertiary/aromatic N) is 1. The highest BCUT2D eigenvalue weighted by Gasteiger charge is 2.46. The van der Waals surface area contributed by atoms with Gasteiger partial charge in [0.15, 0.2) is 12.3 Å². The van der Waals surface area contributed by atoms with Crippen LogP contribution in [0.2, 0.25) is 0 Å². The second kappa shape index (κ2) is 9.36. The number of hydrogen-bond acceptors (Lipinski definition) is 4. The van der Waals surface area contributed by atoms with Gasteiger partial charge in [0.1, 0.15) is 17.3 Å². The van der Waals surface area contributed by atoms with Crippen molar-refractivity contribution >= 4 is 11.4 Å². The highest BCUT2D eigenvalue weighted by Crippen LogP contribution is 2.52. The Morgan fingerprint density at radius 1 is 0.892 bits per heavy atom. The molecule has 2 aliphatic rings. The maximum absolute atomic E-state index is 6.80. The van der Waals surface area contributed by atoms with Gasteiger partial charge in [0.05, 0.1) is 6.61 Å². The molecule has 4 aromatic rings. The minimum atomic E-state index is -0.813. The molecule has 186 valence electrons. The lowest BCUT2D eigenvalue weighted by molar-refractivity contribution is 0.138. The molecule has 0 bridgehead atoms. The van der Waals surface area contributed by atoms with Gasteiger partial charge in [-0.25, -0.2) is 0 Å². The molecule has 0 N–H and O–H groups in total. The zero-order valence-electron chi connectivity index (χ0n) is 21.4. The molecule has 0 radical (unpaired) electrons. The summed E-state index contributed by atoms with van der Waals surface area (Å²) in [4.78, 5) is 2.24. The molecule has 0 spiro atoms. The first-order chi connectivity index (χ1) is 18.1. The minimum Gasteiger partial charge on any atom is -0.494 e. The Bertz CT molecular complexity index is 1460. The van der Waals surface area contributed by atoms with Crippen molar-refractivity contribution < 1.29 is 14.2 Å².